The molecule has 0 saturated heterocycles. The van der Waals surface area contributed by atoms with Gasteiger partial charge < -0.3 is 4.74 Å². The number of aliphatic imine (C=N–C) groups is 1. The highest BCUT2D eigenvalue weighted by Gasteiger charge is 2.38. The van der Waals surface area contributed by atoms with Crippen LogP contribution in [0, 0.1) is 5.82 Å². The Balaban J connectivity index is 2.55. The molecule has 0 amide bonds. The summed E-state index contributed by atoms with van der Waals surface area (Å²) in [4.78, 5) is 14.5. The number of benzene rings is 1. The van der Waals surface area contributed by atoms with Gasteiger partial charge in [-0.1, -0.05) is 12.8 Å². The van der Waals surface area contributed by atoms with Gasteiger partial charge in [0.1, 0.15) is 17.1 Å². The summed E-state index contributed by atoms with van der Waals surface area (Å²) in [6, 6.07) is 2.97. The molecular formula is C13H13BrFNO2. The third-order valence-corrected chi connectivity index (χ3v) is 4.05. The Labute approximate surface area is 113 Å². The Kier molecular flexibility index (Phi) is 3.83. The van der Waals surface area contributed by atoms with Gasteiger partial charge in [0.2, 0.25) is 6.08 Å². The van der Waals surface area contributed by atoms with Gasteiger partial charge in [-0.3, -0.25) is 0 Å². The van der Waals surface area contributed by atoms with Crippen LogP contribution >= 0.6 is 15.9 Å². The second-order valence-corrected chi connectivity index (χ2v) is 5.26. The van der Waals surface area contributed by atoms with Crippen molar-refractivity contribution in [2.45, 2.75) is 31.2 Å². The van der Waals surface area contributed by atoms with Crippen LogP contribution in [0.1, 0.15) is 31.2 Å². The minimum Gasteiger partial charge on any atom is -0.495 e. The summed E-state index contributed by atoms with van der Waals surface area (Å²) >= 11 is 3.33. The largest absolute Gasteiger partial charge is 0.495 e. The molecule has 96 valence electrons. The smallest absolute Gasteiger partial charge is 0.235 e. The molecule has 0 heterocycles. The lowest BCUT2D eigenvalue weighted by molar-refractivity contribution is 0.399. The monoisotopic (exact) mass is 313 g/mol. The van der Waals surface area contributed by atoms with Crippen molar-refractivity contribution in [1.82, 2.24) is 0 Å². The Morgan fingerprint density at radius 2 is 2.11 bits per heavy atom. The van der Waals surface area contributed by atoms with E-state index < -0.39 is 11.4 Å². The quantitative estimate of drug-likeness (QED) is 0.630. The van der Waals surface area contributed by atoms with Crippen molar-refractivity contribution < 1.29 is 13.9 Å². The van der Waals surface area contributed by atoms with Crippen LogP contribution in [-0.2, 0) is 10.3 Å². The van der Waals surface area contributed by atoms with Gasteiger partial charge in [0.05, 0.1) is 11.6 Å². The molecule has 18 heavy (non-hydrogen) atoms. The van der Waals surface area contributed by atoms with Crippen molar-refractivity contribution in [1.29, 1.82) is 0 Å². The zero-order valence-corrected chi connectivity index (χ0v) is 11.6. The number of hydrogen-bond donors (Lipinski definition) is 0. The first-order chi connectivity index (χ1) is 8.63. The topological polar surface area (TPSA) is 38.7 Å². The van der Waals surface area contributed by atoms with Crippen LogP contribution in [0.25, 0.3) is 0 Å². The van der Waals surface area contributed by atoms with E-state index in [4.69, 9.17) is 4.74 Å². The normalized spacial score (nSPS) is 17.3. The van der Waals surface area contributed by atoms with Crippen molar-refractivity contribution in [3.05, 3.63) is 28.0 Å². The zero-order chi connectivity index (χ0) is 13.2. The van der Waals surface area contributed by atoms with Gasteiger partial charge in [0.25, 0.3) is 0 Å². The molecule has 1 saturated carbocycles. The van der Waals surface area contributed by atoms with Gasteiger partial charge in [-0.25, -0.2) is 9.18 Å². The van der Waals surface area contributed by atoms with Gasteiger partial charge in [-0.15, -0.1) is 0 Å². The van der Waals surface area contributed by atoms with Crippen molar-refractivity contribution in [3.63, 3.8) is 0 Å². The lowest BCUT2D eigenvalue weighted by atomic mass is 9.88. The second-order valence-electron chi connectivity index (χ2n) is 4.41. The lowest BCUT2D eigenvalue weighted by Crippen LogP contribution is -2.20. The van der Waals surface area contributed by atoms with Crippen LogP contribution in [0.15, 0.2) is 21.6 Å². The Morgan fingerprint density at radius 1 is 1.44 bits per heavy atom. The number of rotatable bonds is 3. The molecule has 1 aliphatic rings. The summed E-state index contributed by atoms with van der Waals surface area (Å²) in [5.41, 5.74) is -0.309. The molecule has 0 aliphatic heterocycles. The molecule has 1 fully saturated rings. The molecule has 1 aromatic carbocycles. The highest BCUT2D eigenvalue weighted by molar-refractivity contribution is 9.10. The van der Waals surface area contributed by atoms with E-state index in [0.29, 0.717) is 28.6 Å². The van der Waals surface area contributed by atoms with Crippen LogP contribution in [0.5, 0.6) is 5.75 Å². The molecule has 0 spiro atoms. The molecule has 0 bridgehead atoms. The zero-order valence-electron chi connectivity index (χ0n) is 10.0. The number of halogens is 2. The fraction of sp³-hybridized carbons (Fsp3) is 0.462. The fourth-order valence-electron chi connectivity index (χ4n) is 2.53. The second kappa shape index (κ2) is 5.21. The van der Waals surface area contributed by atoms with E-state index in [1.807, 2.05) is 0 Å². The summed E-state index contributed by atoms with van der Waals surface area (Å²) in [6.07, 6.45) is 4.82. The van der Waals surface area contributed by atoms with Crippen LogP contribution in [-0.4, -0.2) is 13.2 Å². The molecule has 0 unspecified atom stereocenters. The average molecular weight is 314 g/mol. The third-order valence-electron chi connectivity index (χ3n) is 3.43. The van der Waals surface area contributed by atoms with Gasteiger partial charge >= 0.3 is 0 Å². The third kappa shape index (κ3) is 2.20. The highest BCUT2D eigenvalue weighted by atomic mass is 79.9. The molecule has 0 aromatic heterocycles. The molecule has 1 aliphatic carbocycles. The summed E-state index contributed by atoms with van der Waals surface area (Å²) in [5.74, 6) is 0.0374. The molecular weight excluding hydrogens is 301 g/mol. The van der Waals surface area contributed by atoms with Crippen molar-refractivity contribution in [3.8, 4) is 5.75 Å². The Bertz CT molecular complexity index is 506. The minimum absolute atomic E-state index is 0.393. The van der Waals surface area contributed by atoms with Gasteiger partial charge in [0, 0.05) is 11.6 Å². The number of nitrogens with zero attached hydrogens (tertiary/aromatic N) is 1. The number of hydrogen-bond acceptors (Lipinski definition) is 3. The van der Waals surface area contributed by atoms with Gasteiger partial charge in [0.15, 0.2) is 0 Å². The molecule has 2 rings (SSSR count). The summed E-state index contributed by atoms with van der Waals surface area (Å²) in [6.45, 7) is 0. The predicted molar refractivity (Wildman–Crippen MR) is 68.9 cm³/mol. The van der Waals surface area contributed by atoms with E-state index in [2.05, 4.69) is 20.9 Å². The van der Waals surface area contributed by atoms with E-state index in [-0.39, 0.29) is 0 Å². The molecule has 0 atom stereocenters. The Morgan fingerprint density at radius 3 is 2.67 bits per heavy atom. The molecule has 0 N–H and O–H groups in total. The van der Waals surface area contributed by atoms with E-state index >= 15 is 0 Å². The van der Waals surface area contributed by atoms with E-state index in [1.54, 1.807) is 12.1 Å². The van der Waals surface area contributed by atoms with Crippen molar-refractivity contribution >= 4 is 22.0 Å². The van der Waals surface area contributed by atoms with Crippen LogP contribution < -0.4 is 4.74 Å². The average Bonchev–Trinajstić information content (AvgIpc) is 2.81. The molecule has 0 radical (unpaired) electrons. The van der Waals surface area contributed by atoms with E-state index in [1.165, 1.54) is 13.2 Å². The first kappa shape index (κ1) is 13.2. The molecule has 1 aromatic rings. The summed E-state index contributed by atoms with van der Waals surface area (Å²) in [5, 5.41) is 0. The highest BCUT2D eigenvalue weighted by Crippen LogP contribution is 2.45. The standard InChI is InChI=1S/C13H13BrFNO2/c1-18-12-7-11(15)9(6-10(12)14)13(16-8-17)4-2-3-5-13/h6-7H,2-5H2,1H3. The maximum absolute atomic E-state index is 14.1. The minimum atomic E-state index is -0.749. The fourth-order valence-corrected chi connectivity index (χ4v) is 3.04. The lowest BCUT2D eigenvalue weighted by Gasteiger charge is -2.24. The van der Waals surface area contributed by atoms with Crippen molar-refractivity contribution in [2.24, 2.45) is 4.99 Å². The number of carbonyl (C=O) groups excluding carboxylic acids is 1. The first-order valence-electron chi connectivity index (χ1n) is 5.75. The first-order valence-corrected chi connectivity index (χ1v) is 6.55. The van der Waals surface area contributed by atoms with Crippen LogP contribution in [0.4, 0.5) is 4.39 Å². The van der Waals surface area contributed by atoms with Gasteiger partial charge in [-0.05, 0) is 34.8 Å². The van der Waals surface area contributed by atoms with Crippen LogP contribution in [0.2, 0.25) is 0 Å². The predicted octanol–water partition coefficient (Wildman–Crippen LogP) is 3.70. The number of isocyanates is 1. The van der Waals surface area contributed by atoms with E-state index in [9.17, 15) is 9.18 Å². The molecule has 3 nitrogen and oxygen atoms in total. The van der Waals surface area contributed by atoms with E-state index in [0.717, 1.165) is 12.8 Å². The Hall–Kier alpha value is -1.19. The maximum Gasteiger partial charge on any atom is 0.235 e. The number of methoxy groups -OCH3 is 1. The molecule has 5 heteroatoms. The summed E-state index contributed by atoms with van der Waals surface area (Å²) in [7, 11) is 1.48. The van der Waals surface area contributed by atoms with Crippen molar-refractivity contribution in [2.75, 3.05) is 7.11 Å². The number of ether oxygens (including phenoxy) is 1. The van der Waals surface area contributed by atoms with Gasteiger partial charge in [-0.2, -0.15) is 4.99 Å². The summed E-state index contributed by atoms with van der Waals surface area (Å²) < 4.78 is 19.8. The SMILES string of the molecule is COc1cc(F)c(C2(N=C=O)CCCC2)cc1Br. The maximum atomic E-state index is 14.1. The van der Waals surface area contributed by atoms with Crippen LogP contribution in [0.3, 0.4) is 0 Å².